The predicted octanol–water partition coefficient (Wildman–Crippen LogP) is 2.97. The van der Waals surface area contributed by atoms with Gasteiger partial charge in [-0.15, -0.1) is 0 Å². The van der Waals surface area contributed by atoms with Gasteiger partial charge in [-0.05, 0) is 30.3 Å². The minimum Gasteiger partial charge on any atom is -0.504 e. The molecule has 0 saturated carbocycles. The molecule has 0 fully saturated rings. The largest absolute Gasteiger partial charge is 0.504 e. The Hall–Kier alpha value is -2.49. The fraction of sp³-hybridized carbons (Fsp3) is 0.0714. The normalized spacial score (nSPS) is 9.83. The molecule has 0 saturated heterocycles. The maximum atomic E-state index is 11.3. The topological polar surface area (TPSA) is 55.8 Å². The Morgan fingerprint density at radius 3 is 2.44 bits per heavy atom. The molecule has 0 unspecified atom stereocenters. The number of carbonyl (C=O) groups excluding carboxylic acids is 1. The van der Waals surface area contributed by atoms with Gasteiger partial charge in [-0.1, -0.05) is 18.2 Å². The van der Waals surface area contributed by atoms with Crippen molar-refractivity contribution in [1.29, 1.82) is 0 Å². The van der Waals surface area contributed by atoms with E-state index in [1.807, 2.05) is 18.2 Å². The second-order valence-electron chi connectivity index (χ2n) is 3.59. The summed E-state index contributed by atoms with van der Waals surface area (Å²) in [6.07, 6.45) is 0. The molecule has 2 aromatic carbocycles. The Morgan fingerprint density at radius 2 is 1.83 bits per heavy atom. The third kappa shape index (κ3) is 2.60. The lowest BCUT2D eigenvalue weighted by atomic mass is 10.2. The van der Waals surface area contributed by atoms with Gasteiger partial charge in [-0.25, -0.2) is 4.79 Å². The molecule has 0 aliphatic heterocycles. The second kappa shape index (κ2) is 5.23. The number of para-hydroxylation sites is 1. The summed E-state index contributed by atoms with van der Waals surface area (Å²) in [6, 6.07) is 13.4. The Labute approximate surface area is 104 Å². The summed E-state index contributed by atoms with van der Waals surface area (Å²) in [4.78, 5) is 11.3. The number of benzene rings is 2. The molecule has 1 N–H and O–H groups in total. The molecule has 18 heavy (non-hydrogen) atoms. The molecule has 0 heterocycles. The molecule has 0 radical (unpaired) electrons. The number of aromatic hydroxyl groups is 1. The van der Waals surface area contributed by atoms with Gasteiger partial charge in [0.2, 0.25) is 0 Å². The highest BCUT2D eigenvalue weighted by atomic mass is 16.5. The van der Waals surface area contributed by atoms with Crippen LogP contribution in [0, 0.1) is 0 Å². The van der Waals surface area contributed by atoms with Crippen LogP contribution in [0.4, 0.5) is 0 Å². The van der Waals surface area contributed by atoms with Crippen LogP contribution in [0.5, 0.6) is 17.2 Å². The first-order valence-electron chi connectivity index (χ1n) is 5.35. The van der Waals surface area contributed by atoms with Crippen molar-refractivity contribution >= 4 is 5.97 Å². The first-order valence-corrected chi connectivity index (χ1v) is 5.35. The molecule has 0 atom stereocenters. The quantitative estimate of drug-likeness (QED) is 0.843. The molecule has 0 aliphatic rings. The Kier molecular flexibility index (Phi) is 3.48. The number of hydrogen-bond acceptors (Lipinski definition) is 4. The van der Waals surface area contributed by atoms with Crippen molar-refractivity contribution < 1.29 is 19.4 Å². The molecule has 2 aromatic rings. The SMILES string of the molecule is COC(=O)c1ccc(Oc2ccccc2)c(O)c1. The van der Waals surface area contributed by atoms with Crippen LogP contribution in [0.3, 0.4) is 0 Å². The highest BCUT2D eigenvalue weighted by Gasteiger charge is 2.10. The highest BCUT2D eigenvalue weighted by molar-refractivity contribution is 5.90. The lowest BCUT2D eigenvalue weighted by Gasteiger charge is -2.08. The Morgan fingerprint density at radius 1 is 1.11 bits per heavy atom. The number of carbonyl (C=O) groups is 1. The van der Waals surface area contributed by atoms with Gasteiger partial charge in [0.1, 0.15) is 5.75 Å². The maximum absolute atomic E-state index is 11.3. The van der Waals surface area contributed by atoms with Crippen LogP contribution in [0.15, 0.2) is 48.5 Å². The van der Waals surface area contributed by atoms with Gasteiger partial charge in [-0.2, -0.15) is 0 Å². The first-order chi connectivity index (χ1) is 8.70. The van der Waals surface area contributed by atoms with E-state index in [0.29, 0.717) is 5.75 Å². The van der Waals surface area contributed by atoms with Crippen LogP contribution in [-0.4, -0.2) is 18.2 Å². The maximum Gasteiger partial charge on any atom is 0.337 e. The standard InChI is InChI=1S/C14H12O4/c1-17-14(16)10-7-8-13(12(15)9-10)18-11-5-3-2-4-6-11/h2-9,15H,1H3. The average Bonchev–Trinajstić information content (AvgIpc) is 2.41. The summed E-state index contributed by atoms with van der Waals surface area (Å²) in [5.41, 5.74) is 0.274. The van der Waals surface area contributed by atoms with Crippen molar-refractivity contribution in [2.24, 2.45) is 0 Å². The van der Waals surface area contributed by atoms with Gasteiger partial charge in [0.05, 0.1) is 12.7 Å². The third-order valence-corrected chi connectivity index (χ3v) is 2.35. The van der Waals surface area contributed by atoms with E-state index in [9.17, 15) is 9.90 Å². The zero-order chi connectivity index (χ0) is 13.0. The zero-order valence-corrected chi connectivity index (χ0v) is 9.79. The molecule has 0 aliphatic carbocycles. The number of ether oxygens (including phenoxy) is 2. The Bertz CT molecular complexity index is 549. The van der Waals surface area contributed by atoms with E-state index < -0.39 is 5.97 Å². The molecule has 4 nitrogen and oxygen atoms in total. The molecule has 0 aromatic heterocycles. The lowest BCUT2D eigenvalue weighted by Crippen LogP contribution is -2.00. The van der Waals surface area contributed by atoms with Gasteiger partial charge < -0.3 is 14.6 Å². The van der Waals surface area contributed by atoms with Crippen molar-refractivity contribution in [2.75, 3.05) is 7.11 Å². The monoisotopic (exact) mass is 244 g/mol. The van der Waals surface area contributed by atoms with E-state index in [2.05, 4.69) is 4.74 Å². The van der Waals surface area contributed by atoms with Crippen LogP contribution in [-0.2, 0) is 4.74 Å². The molecule has 0 spiro atoms. The van der Waals surface area contributed by atoms with E-state index >= 15 is 0 Å². The minimum absolute atomic E-state index is 0.109. The van der Waals surface area contributed by atoms with E-state index in [1.165, 1.54) is 25.3 Å². The van der Waals surface area contributed by atoms with Crippen LogP contribution in [0.2, 0.25) is 0 Å². The number of hydrogen-bond donors (Lipinski definition) is 1. The van der Waals surface area contributed by atoms with Gasteiger partial charge in [-0.3, -0.25) is 0 Å². The molecule has 4 heteroatoms. The number of methoxy groups -OCH3 is 1. The summed E-state index contributed by atoms with van der Waals surface area (Å²) < 4.78 is 10.0. The van der Waals surface area contributed by atoms with Crippen LogP contribution < -0.4 is 4.74 Å². The van der Waals surface area contributed by atoms with Crippen molar-refractivity contribution in [1.82, 2.24) is 0 Å². The lowest BCUT2D eigenvalue weighted by molar-refractivity contribution is 0.0600. The second-order valence-corrected chi connectivity index (χ2v) is 3.59. The molecular formula is C14H12O4. The van der Waals surface area contributed by atoms with Gasteiger partial charge in [0.15, 0.2) is 11.5 Å². The number of phenolic OH excluding ortho intramolecular Hbond substituents is 1. The number of phenols is 1. The van der Waals surface area contributed by atoms with E-state index in [1.54, 1.807) is 12.1 Å². The zero-order valence-electron chi connectivity index (χ0n) is 9.79. The molecular weight excluding hydrogens is 232 g/mol. The molecule has 0 amide bonds. The Balaban J connectivity index is 2.23. The fourth-order valence-electron chi connectivity index (χ4n) is 1.46. The van der Waals surface area contributed by atoms with Crippen molar-refractivity contribution in [3.63, 3.8) is 0 Å². The minimum atomic E-state index is -0.503. The van der Waals surface area contributed by atoms with Gasteiger partial charge >= 0.3 is 5.97 Å². The number of rotatable bonds is 3. The van der Waals surface area contributed by atoms with Crippen molar-refractivity contribution in [3.05, 3.63) is 54.1 Å². The van der Waals surface area contributed by atoms with E-state index in [-0.39, 0.29) is 17.1 Å². The van der Waals surface area contributed by atoms with Gasteiger partial charge in [0.25, 0.3) is 0 Å². The fourth-order valence-corrected chi connectivity index (χ4v) is 1.46. The van der Waals surface area contributed by atoms with Crippen LogP contribution in [0.1, 0.15) is 10.4 Å². The van der Waals surface area contributed by atoms with Crippen LogP contribution in [0.25, 0.3) is 0 Å². The van der Waals surface area contributed by atoms with Crippen molar-refractivity contribution in [3.8, 4) is 17.2 Å². The average molecular weight is 244 g/mol. The molecule has 92 valence electrons. The first kappa shape index (κ1) is 12.0. The summed E-state index contributed by atoms with van der Waals surface area (Å²) in [5, 5.41) is 9.76. The van der Waals surface area contributed by atoms with E-state index in [0.717, 1.165) is 0 Å². The highest BCUT2D eigenvalue weighted by Crippen LogP contribution is 2.31. The summed E-state index contributed by atoms with van der Waals surface area (Å²) in [5.74, 6) is 0.283. The van der Waals surface area contributed by atoms with Gasteiger partial charge in [0, 0.05) is 0 Å². The predicted molar refractivity (Wildman–Crippen MR) is 66.0 cm³/mol. The summed E-state index contributed by atoms with van der Waals surface area (Å²) in [6.45, 7) is 0. The van der Waals surface area contributed by atoms with E-state index in [4.69, 9.17) is 4.74 Å². The van der Waals surface area contributed by atoms with Crippen LogP contribution >= 0.6 is 0 Å². The van der Waals surface area contributed by atoms with Crippen molar-refractivity contribution in [2.45, 2.75) is 0 Å². The third-order valence-electron chi connectivity index (χ3n) is 2.35. The summed E-state index contributed by atoms with van der Waals surface area (Å²) >= 11 is 0. The number of esters is 1. The molecule has 0 bridgehead atoms. The molecule has 2 rings (SSSR count). The smallest absolute Gasteiger partial charge is 0.337 e. The summed E-state index contributed by atoms with van der Waals surface area (Å²) in [7, 11) is 1.29.